The summed E-state index contributed by atoms with van der Waals surface area (Å²) in [7, 11) is 0. The number of carbonyl (C=O) groups is 1. The number of hydrogen-bond donors (Lipinski definition) is 2. The fraction of sp³-hybridized carbons (Fsp3) is 0.667. The molecule has 0 aliphatic heterocycles. The van der Waals surface area contributed by atoms with Crippen molar-refractivity contribution in [2.45, 2.75) is 11.4 Å². The molecule has 0 rings (SSSR count). The first-order valence-electron chi connectivity index (χ1n) is 1.85. The summed E-state index contributed by atoms with van der Waals surface area (Å²) >= 11 is 2.19. The van der Waals surface area contributed by atoms with Crippen LogP contribution in [0.1, 0.15) is 0 Å². The molecule has 0 aromatic rings. The predicted octanol–water partition coefficient (Wildman–Crippen LogP) is -2.00. The second kappa shape index (κ2) is 3.02. The Labute approximate surface area is 49.7 Å². The molecule has 7 heavy (non-hydrogen) atoms. The van der Waals surface area contributed by atoms with Crippen LogP contribution in [0.15, 0.2) is 0 Å². The number of hydrogen-bond acceptors (Lipinski definition) is 1. The van der Waals surface area contributed by atoms with E-state index in [0.717, 1.165) is 0 Å². The third kappa shape index (κ3) is 2.62. The molecule has 1 atom stereocenters. The van der Waals surface area contributed by atoms with Crippen molar-refractivity contribution in [1.82, 2.24) is 0 Å². The summed E-state index contributed by atoms with van der Waals surface area (Å²) in [6.07, 6.45) is 0. The topological polar surface area (TPSA) is 64.9 Å². The van der Waals surface area contributed by atoms with Crippen molar-refractivity contribution in [3.8, 4) is 0 Å². The van der Waals surface area contributed by atoms with E-state index in [9.17, 15) is 4.79 Å². The van der Waals surface area contributed by atoms with Crippen LogP contribution in [0.4, 0.5) is 0 Å². The van der Waals surface area contributed by atoms with Gasteiger partial charge in [-0.3, -0.25) is 0 Å². The van der Waals surface area contributed by atoms with Gasteiger partial charge in [0.15, 0.2) is 0 Å². The van der Waals surface area contributed by atoms with E-state index in [1.54, 1.807) is 0 Å². The molecule has 0 saturated carbocycles. The first-order chi connectivity index (χ1) is 3.18. The van der Waals surface area contributed by atoms with Crippen molar-refractivity contribution in [1.29, 1.82) is 0 Å². The molecular formula is C3H8NO2Se+. The monoisotopic (exact) mass is 170 g/mol. The van der Waals surface area contributed by atoms with Crippen molar-refractivity contribution < 1.29 is 15.6 Å². The second-order valence-electron chi connectivity index (χ2n) is 1.22. The average molecular weight is 169 g/mol. The van der Waals surface area contributed by atoms with E-state index in [4.69, 9.17) is 5.11 Å². The molecule has 1 unspecified atom stereocenters. The Morgan fingerprint density at radius 3 is 2.43 bits per heavy atom. The number of quaternary nitrogens is 1. The van der Waals surface area contributed by atoms with Crippen LogP contribution in [0.2, 0.25) is 5.32 Å². The summed E-state index contributed by atoms with van der Waals surface area (Å²) in [4.78, 5) is 9.86. The quantitative estimate of drug-likeness (QED) is 0.469. The van der Waals surface area contributed by atoms with Gasteiger partial charge in [-0.1, -0.05) is 0 Å². The van der Waals surface area contributed by atoms with Gasteiger partial charge in [0, 0.05) is 0 Å². The van der Waals surface area contributed by atoms with E-state index in [-0.39, 0.29) is 0 Å². The van der Waals surface area contributed by atoms with Gasteiger partial charge in [-0.2, -0.15) is 0 Å². The maximum atomic E-state index is 9.86. The van der Waals surface area contributed by atoms with E-state index in [2.05, 4.69) is 21.7 Å². The summed E-state index contributed by atoms with van der Waals surface area (Å²) in [6.45, 7) is 0. The Morgan fingerprint density at radius 1 is 2.00 bits per heavy atom. The zero-order valence-corrected chi connectivity index (χ0v) is 5.67. The summed E-state index contributed by atoms with van der Waals surface area (Å²) in [5.74, 6) is -0.833. The van der Waals surface area contributed by atoms with Crippen molar-refractivity contribution in [3.63, 3.8) is 0 Å². The number of rotatable bonds is 2. The zero-order chi connectivity index (χ0) is 5.86. The van der Waals surface area contributed by atoms with Crippen LogP contribution in [-0.4, -0.2) is 33.1 Å². The van der Waals surface area contributed by atoms with E-state index in [0.29, 0.717) is 5.32 Å². The van der Waals surface area contributed by atoms with Crippen molar-refractivity contribution in [2.24, 2.45) is 0 Å². The molecule has 4 N–H and O–H groups in total. The number of carboxylic acids is 1. The molecule has 0 fully saturated rings. The fourth-order valence-electron chi connectivity index (χ4n) is 0.0781. The Hall–Kier alpha value is -0.0505. The van der Waals surface area contributed by atoms with E-state index in [1.165, 1.54) is 0 Å². The Balaban J connectivity index is 3.34. The van der Waals surface area contributed by atoms with Crippen LogP contribution in [0.25, 0.3) is 0 Å². The van der Waals surface area contributed by atoms with Gasteiger partial charge in [0.25, 0.3) is 0 Å². The molecule has 0 radical (unpaired) electrons. The van der Waals surface area contributed by atoms with Gasteiger partial charge in [0.1, 0.15) is 0 Å². The molecular weight excluding hydrogens is 161 g/mol. The molecule has 42 valence electrons. The minimum absolute atomic E-state index is 0.458. The molecule has 0 aliphatic carbocycles. The molecule has 3 nitrogen and oxygen atoms in total. The van der Waals surface area contributed by atoms with Gasteiger partial charge in [-0.25, -0.2) is 0 Å². The molecule has 0 aliphatic rings. The Bertz CT molecular complexity index is 75.3. The first-order valence-corrected chi connectivity index (χ1v) is 3.18. The zero-order valence-electron chi connectivity index (χ0n) is 3.79. The van der Waals surface area contributed by atoms with Crippen LogP contribution >= 0.6 is 0 Å². The van der Waals surface area contributed by atoms with Gasteiger partial charge < -0.3 is 0 Å². The third-order valence-electron chi connectivity index (χ3n) is 0.570. The van der Waals surface area contributed by atoms with Crippen molar-refractivity contribution in [2.75, 3.05) is 0 Å². The normalized spacial score (nSPS) is 13.4. The van der Waals surface area contributed by atoms with Crippen LogP contribution in [0.3, 0.4) is 0 Å². The van der Waals surface area contributed by atoms with Gasteiger partial charge in [0.2, 0.25) is 0 Å². The van der Waals surface area contributed by atoms with E-state index >= 15 is 0 Å². The van der Waals surface area contributed by atoms with E-state index < -0.39 is 12.0 Å². The molecule has 0 heterocycles. The van der Waals surface area contributed by atoms with Gasteiger partial charge in [0.05, 0.1) is 0 Å². The van der Waals surface area contributed by atoms with Gasteiger partial charge in [-0.15, -0.1) is 0 Å². The van der Waals surface area contributed by atoms with E-state index in [1.807, 2.05) is 0 Å². The first kappa shape index (κ1) is 6.95. The third-order valence-corrected chi connectivity index (χ3v) is 1.49. The van der Waals surface area contributed by atoms with Crippen LogP contribution in [0, 0.1) is 0 Å². The Kier molecular flexibility index (Phi) is 3.00. The summed E-state index contributed by atoms with van der Waals surface area (Å²) in [5, 5.41) is 8.65. The van der Waals surface area contributed by atoms with Crippen LogP contribution in [0.5, 0.6) is 0 Å². The van der Waals surface area contributed by atoms with Crippen LogP contribution < -0.4 is 5.73 Å². The summed E-state index contributed by atoms with van der Waals surface area (Å²) in [6, 6.07) is -0.458. The number of carboxylic acid groups (broad SMARTS) is 1. The summed E-state index contributed by atoms with van der Waals surface area (Å²) < 4.78 is 0. The SMILES string of the molecule is [NH3+]C(C[SeH])C(=O)O. The number of aliphatic carboxylic acids is 1. The molecule has 0 aromatic carbocycles. The second-order valence-corrected chi connectivity index (χ2v) is 1.98. The molecule has 0 saturated heterocycles. The molecule has 0 aromatic heterocycles. The Morgan fingerprint density at radius 2 is 2.43 bits per heavy atom. The molecule has 0 bridgehead atoms. The molecule has 0 amide bonds. The van der Waals surface area contributed by atoms with Crippen molar-refractivity contribution >= 4 is 22.0 Å². The summed E-state index contributed by atoms with van der Waals surface area (Å²) in [5.41, 5.74) is 3.34. The van der Waals surface area contributed by atoms with Gasteiger partial charge in [-0.05, 0) is 0 Å². The standard InChI is InChI=1S/C3H7NO2Se/c4-2(1-7)3(5)6/h2,7H,1,4H2,(H,5,6)/p+1. The predicted molar refractivity (Wildman–Crippen MR) is 26.3 cm³/mol. The molecule has 4 heteroatoms. The average Bonchev–Trinajstić information content (AvgIpc) is 1.65. The fourth-order valence-corrected chi connectivity index (χ4v) is 0.406. The van der Waals surface area contributed by atoms with Crippen molar-refractivity contribution in [3.05, 3.63) is 0 Å². The molecule has 0 spiro atoms. The minimum atomic E-state index is -0.833. The van der Waals surface area contributed by atoms with Gasteiger partial charge >= 0.3 is 49.0 Å². The van der Waals surface area contributed by atoms with Crippen LogP contribution in [-0.2, 0) is 4.79 Å². The maximum absolute atomic E-state index is 9.86.